The van der Waals surface area contributed by atoms with Gasteiger partial charge in [-0.3, -0.25) is 9.78 Å². The summed E-state index contributed by atoms with van der Waals surface area (Å²) in [4.78, 5) is 31.9. The van der Waals surface area contributed by atoms with Crippen LogP contribution < -0.4 is 14.8 Å². The molecule has 0 spiro atoms. The molecule has 1 saturated heterocycles. The van der Waals surface area contributed by atoms with E-state index in [0.717, 1.165) is 11.6 Å². The number of carbonyl (C=O) groups excluding carboxylic acids is 2. The maximum Gasteiger partial charge on any atom is 0.407 e. The SMILES string of the molecule is COc1ccc(C(=O)N2CCC(NC(=O)OCC[Si](C)(C)C)C(c3cccnc3)C2)cc1OC. The van der Waals surface area contributed by atoms with Crippen molar-refractivity contribution in [1.82, 2.24) is 15.2 Å². The first-order valence-electron chi connectivity index (χ1n) is 11.6. The summed E-state index contributed by atoms with van der Waals surface area (Å²) in [6.45, 7) is 8.14. The highest BCUT2D eigenvalue weighted by molar-refractivity contribution is 6.76. The van der Waals surface area contributed by atoms with Crippen molar-refractivity contribution in [1.29, 1.82) is 0 Å². The van der Waals surface area contributed by atoms with Gasteiger partial charge in [0.25, 0.3) is 5.91 Å². The van der Waals surface area contributed by atoms with E-state index in [2.05, 4.69) is 29.9 Å². The maximum absolute atomic E-state index is 13.3. The van der Waals surface area contributed by atoms with Gasteiger partial charge in [0.15, 0.2) is 11.5 Å². The fourth-order valence-electron chi connectivity index (χ4n) is 4.04. The molecule has 1 N–H and O–H groups in total. The Hall–Kier alpha value is -3.07. The molecule has 184 valence electrons. The predicted octanol–water partition coefficient (Wildman–Crippen LogP) is 4.16. The largest absolute Gasteiger partial charge is 0.493 e. The second kappa shape index (κ2) is 11.4. The number of aromatic nitrogens is 1. The first kappa shape index (κ1) is 25.5. The minimum atomic E-state index is -1.28. The lowest BCUT2D eigenvalue weighted by Gasteiger charge is -2.39. The molecule has 8 nitrogen and oxygen atoms in total. The van der Waals surface area contributed by atoms with Crippen molar-refractivity contribution in [3.63, 3.8) is 0 Å². The van der Waals surface area contributed by atoms with Crippen LogP contribution in [0.25, 0.3) is 0 Å². The molecule has 2 amide bonds. The van der Waals surface area contributed by atoms with Gasteiger partial charge in [0.05, 0.1) is 20.8 Å². The summed E-state index contributed by atoms with van der Waals surface area (Å²) in [5.41, 5.74) is 1.50. The number of methoxy groups -OCH3 is 2. The van der Waals surface area contributed by atoms with Crippen molar-refractivity contribution in [2.45, 2.75) is 44.1 Å². The molecule has 2 aromatic rings. The van der Waals surface area contributed by atoms with E-state index in [-0.39, 0.29) is 17.9 Å². The van der Waals surface area contributed by atoms with Crippen LogP contribution in [0.4, 0.5) is 4.79 Å². The number of benzene rings is 1. The summed E-state index contributed by atoms with van der Waals surface area (Å²) in [7, 11) is 1.82. The third kappa shape index (κ3) is 6.72. The number of hydrogen-bond acceptors (Lipinski definition) is 6. The smallest absolute Gasteiger partial charge is 0.407 e. The molecule has 2 unspecified atom stereocenters. The van der Waals surface area contributed by atoms with Gasteiger partial charge in [0.2, 0.25) is 0 Å². The average Bonchev–Trinajstić information content (AvgIpc) is 2.83. The van der Waals surface area contributed by atoms with Crippen LogP contribution >= 0.6 is 0 Å². The van der Waals surface area contributed by atoms with Crippen LogP contribution in [0.3, 0.4) is 0 Å². The average molecular weight is 486 g/mol. The number of carbonyl (C=O) groups is 2. The number of nitrogens with zero attached hydrogens (tertiary/aromatic N) is 2. The summed E-state index contributed by atoms with van der Waals surface area (Å²) >= 11 is 0. The molecule has 1 aromatic heterocycles. The number of alkyl carbamates (subject to hydrolysis) is 1. The summed E-state index contributed by atoms with van der Waals surface area (Å²) < 4.78 is 16.1. The van der Waals surface area contributed by atoms with Gasteiger partial charge >= 0.3 is 6.09 Å². The number of rotatable bonds is 8. The fraction of sp³-hybridized carbons (Fsp3) is 0.480. The Morgan fingerprint density at radius 1 is 1.15 bits per heavy atom. The van der Waals surface area contributed by atoms with Crippen LogP contribution in [0.5, 0.6) is 11.5 Å². The number of amides is 2. The number of hydrogen-bond donors (Lipinski definition) is 1. The Kier molecular flexibility index (Phi) is 8.54. The number of nitrogens with one attached hydrogen (secondary N) is 1. The van der Waals surface area contributed by atoms with Crippen molar-refractivity contribution >= 4 is 20.1 Å². The molecule has 0 bridgehead atoms. The molecule has 1 fully saturated rings. The Balaban J connectivity index is 1.73. The molecule has 0 saturated carbocycles. The molecular formula is C25H35N3O5Si. The molecule has 9 heteroatoms. The van der Waals surface area contributed by atoms with E-state index in [4.69, 9.17) is 14.2 Å². The minimum absolute atomic E-state index is 0.0917. The van der Waals surface area contributed by atoms with Crippen LogP contribution in [-0.2, 0) is 4.74 Å². The van der Waals surface area contributed by atoms with Crippen molar-refractivity contribution in [3.05, 3.63) is 53.9 Å². The lowest BCUT2D eigenvalue weighted by Crippen LogP contribution is -2.51. The molecule has 2 atom stereocenters. The first-order valence-corrected chi connectivity index (χ1v) is 15.3. The lowest BCUT2D eigenvalue weighted by molar-refractivity contribution is 0.0676. The summed E-state index contributed by atoms with van der Waals surface area (Å²) in [5, 5.41) is 3.04. The van der Waals surface area contributed by atoms with Crippen LogP contribution in [0.1, 0.15) is 28.3 Å². The van der Waals surface area contributed by atoms with Gasteiger partial charge in [0.1, 0.15) is 0 Å². The van der Waals surface area contributed by atoms with Crippen LogP contribution in [0, 0.1) is 0 Å². The number of likely N-dealkylation sites (tertiary alicyclic amines) is 1. The third-order valence-electron chi connectivity index (χ3n) is 6.03. The Labute approximate surface area is 202 Å². The molecule has 1 aliphatic heterocycles. The molecule has 0 aliphatic carbocycles. The minimum Gasteiger partial charge on any atom is -0.493 e. The van der Waals surface area contributed by atoms with Crippen molar-refractivity contribution in [3.8, 4) is 11.5 Å². The lowest BCUT2D eigenvalue weighted by atomic mass is 9.86. The highest BCUT2D eigenvalue weighted by Crippen LogP contribution is 2.31. The fourth-order valence-corrected chi connectivity index (χ4v) is 4.75. The highest BCUT2D eigenvalue weighted by atomic mass is 28.3. The maximum atomic E-state index is 13.3. The predicted molar refractivity (Wildman–Crippen MR) is 133 cm³/mol. The summed E-state index contributed by atoms with van der Waals surface area (Å²) in [6, 6.07) is 9.78. The van der Waals surface area contributed by atoms with Gasteiger partial charge in [-0.25, -0.2) is 4.79 Å². The summed E-state index contributed by atoms with van der Waals surface area (Å²) in [5.74, 6) is 0.889. The van der Waals surface area contributed by atoms with E-state index in [1.165, 1.54) is 0 Å². The van der Waals surface area contributed by atoms with E-state index in [0.29, 0.717) is 43.2 Å². The van der Waals surface area contributed by atoms with Gasteiger partial charge in [0, 0.05) is 51.1 Å². The zero-order chi connectivity index (χ0) is 24.7. The molecule has 34 heavy (non-hydrogen) atoms. The molecule has 1 aromatic carbocycles. The van der Waals surface area contributed by atoms with Gasteiger partial charge in [-0.1, -0.05) is 25.7 Å². The Morgan fingerprint density at radius 3 is 2.56 bits per heavy atom. The van der Waals surface area contributed by atoms with Gasteiger partial charge in [-0.15, -0.1) is 0 Å². The van der Waals surface area contributed by atoms with Gasteiger partial charge < -0.3 is 24.4 Å². The molecule has 1 aliphatic rings. The van der Waals surface area contributed by atoms with E-state index >= 15 is 0 Å². The molecule has 0 radical (unpaired) electrons. The van der Waals surface area contributed by atoms with E-state index in [9.17, 15) is 9.59 Å². The van der Waals surface area contributed by atoms with Gasteiger partial charge in [-0.05, 0) is 42.3 Å². The van der Waals surface area contributed by atoms with E-state index in [1.54, 1.807) is 44.8 Å². The van der Waals surface area contributed by atoms with E-state index < -0.39 is 14.2 Å². The number of pyridine rings is 1. The number of ether oxygens (including phenoxy) is 3. The Morgan fingerprint density at radius 2 is 1.91 bits per heavy atom. The van der Waals surface area contributed by atoms with Crippen LogP contribution in [0.2, 0.25) is 25.7 Å². The quantitative estimate of drug-likeness (QED) is 0.565. The molecule has 3 rings (SSSR count). The molecular weight excluding hydrogens is 450 g/mol. The topological polar surface area (TPSA) is 90.0 Å². The normalized spacial score (nSPS) is 18.2. The first-order chi connectivity index (χ1) is 16.2. The zero-order valence-electron chi connectivity index (χ0n) is 20.7. The Bertz CT molecular complexity index is 980. The van der Waals surface area contributed by atoms with E-state index in [1.807, 2.05) is 17.0 Å². The third-order valence-corrected chi connectivity index (χ3v) is 7.74. The second-order valence-electron chi connectivity index (χ2n) is 9.70. The second-order valence-corrected chi connectivity index (χ2v) is 15.3. The summed E-state index contributed by atoms with van der Waals surface area (Å²) in [6.07, 6.45) is 3.71. The van der Waals surface area contributed by atoms with Gasteiger partial charge in [-0.2, -0.15) is 0 Å². The van der Waals surface area contributed by atoms with Crippen molar-refractivity contribution in [2.24, 2.45) is 0 Å². The zero-order valence-corrected chi connectivity index (χ0v) is 21.7. The van der Waals surface area contributed by atoms with Crippen molar-refractivity contribution in [2.75, 3.05) is 33.9 Å². The number of piperidine rings is 1. The van der Waals surface area contributed by atoms with Crippen LogP contribution in [0.15, 0.2) is 42.7 Å². The van der Waals surface area contributed by atoms with Crippen molar-refractivity contribution < 1.29 is 23.8 Å². The highest BCUT2D eigenvalue weighted by Gasteiger charge is 2.34. The standard InChI is InChI=1S/C25H35N3O5Si/c1-31-22-9-8-18(15-23(22)32-2)24(29)28-12-10-21(20(17-28)19-7-6-11-26-16-19)27-25(30)33-13-14-34(3,4)5/h6-9,11,15-16,20-21H,10,12-14,17H2,1-5H3,(H,27,30). The molecule has 2 heterocycles. The van der Waals surface area contributed by atoms with Crippen LogP contribution in [-0.4, -0.2) is 69.9 Å². The monoisotopic (exact) mass is 485 g/mol.